The van der Waals surface area contributed by atoms with Gasteiger partial charge in [-0.3, -0.25) is 13.8 Å². The van der Waals surface area contributed by atoms with E-state index < -0.39 is 8.38 Å². The van der Waals surface area contributed by atoms with E-state index in [1.165, 1.54) is 15.9 Å². The van der Waals surface area contributed by atoms with Crippen molar-refractivity contribution in [3.8, 4) is 11.3 Å². The second-order valence-electron chi connectivity index (χ2n) is 3.19. The van der Waals surface area contributed by atoms with E-state index in [0.717, 1.165) is 11.3 Å². The van der Waals surface area contributed by atoms with E-state index in [-0.39, 0.29) is 11.1 Å². The minimum absolute atomic E-state index is 0.137. The van der Waals surface area contributed by atoms with Gasteiger partial charge in [-0.2, -0.15) is 0 Å². The summed E-state index contributed by atoms with van der Waals surface area (Å²) in [7, 11) is -2.52. The highest BCUT2D eigenvalue weighted by Crippen LogP contribution is 2.23. The largest absolute Gasteiger partial charge is 0.840 e. The van der Waals surface area contributed by atoms with Gasteiger partial charge < -0.3 is 14.4 Å². The van der Waals surface area contributed by atoms with E-state index in [2.05, 4.69) is 0 Å². The molecule has 0 spiro atoms. The SMILES string of the molecule is N=c1scc(-c2ccccc2)n1CP([O-])[O-]. The van der Waals surface area contributed by atoms with Gasteiger partial charge in [-0.15, -0.1) is 11.3 Å². The van der Waals surface area contributed by atoms with Crippen LogP contribution in [0, 0.1) is 5.41 Å². The number of aromatic nitrogens is 1. The van der Waals surface area contributed by atoms with Crippen molar-refractivity contribution in [2.75, 3.05) is 0 Å². The third-order valence-corrected chi connectivity index (χ3v) is 3.44. The predicted octanol–water partition coefficient (Wildman–Crippen LogP) is 0.686. The van der Waals surface area contributed by atoms with Gasteiger partial charge in [-0.25, -0.2) is 0 Å². The van der Waals surface area contributed by atoms with Crippen molar-refractivity contribution >= 4 is 19.7 Å². The van der Waals surface area contributed by atoms with Crippen molar-refractivity contribution in [3.63, 3.8) is 0 Å². The molecule has 0 saturated carbocycles. The first-order valence-corrected chi connectivity index (χ1v) is 6.83. The lowest BCUT2D eigenvalue weighted by atomic mass is 10.2. The molecule has 0 atom stereocenters. The highest BCUT2D eigenvalue weighted by Gasteiger charge is 2.04. The fourth-order valence-corrected chi connectivity index (χ4v) is 2.83. The molecule has 16 heavy (non-hydrogen) atoms. The molecule has 4 nitrogen and oxygen atoms in total. The lowest BCUT2D eigenvalue weighted by Crippen LogP contribution is -2.20. The van der Waals surface area contributed by atoms with Crippen LogP contribution in [0.4, 0.5) is 0 Å². The minimum Gasteiger partial charge on any atom is -0.840 e. The Bertz CT molecular complexity index is 521. The lowest BCUT2D eigenvalue weighted by molar-refractivity contribution is -0.294. The molecule has 0 aliphatic carbocycles. The Hall–Kier alpha value is -1.00. The molecule has 1 aromatic carbocycles. The first kappa shape index (κ1) is 11.5. The third-order valence-electron chi connectivity index (χ3n) is 2.14. The summed E-state index contributed by atoms with van der Waals surface area (Å²) in [5, 5.41) is 9.45. The summed E-state index contributed by atoms with van der Waals surface area (Å²) < 4.78 is 1.49. The number of rotatable bonds is 3. The highest BCUT2D eigenvalue weighted by atomic mass is 32.1. The molecular weight excluding hydrogens is 243 g/mol. The van der Waals surface area contributed by atoms with E-state index in [1.54, 1.807) is 5.38 Å². The quantitative estimate of drug-likeness (QED) is 0.816. The van der Waals surface area contributed by atoms with Gasteiger partial charge in [0.05, 0.1) is 5.69 Å². The summed E-state index contributed by atoms with van der Waals surface area (Å²) in [6, 6.07) is 9.47. The van der Waals surface area contributed by atoms with E-state index in [1.807, 2.05) is 30.3 Å². The summed E-state index contributed by atoms with van der Waals surface area (Å²) >= 11 is 1.23. The molecule has 0 aliphatic rings. The molecule has 0 unspecified atom stereocenters. The van der Waals surface area contributed by atoms with Crippen LogP contribution >= 0.6 is 19.7 Å². The zero-order valence-corrected chi connectivity index (χ0v) is 10.0. The topological polar surface area (TPSA) is 74.9 Å². The average Bonchev–Trinajstić information content (AvgIpc) is 2.61. The maximum absolute atomic E-state index is 10.7. The van der Waals surface area contributed by atoms with Crippen molar-refractivity contribution in [1.82, 2.24) is 4.57 Å². The van der Waals surface area contributed by atoms with Crippen molar-refractivity contribution in [3.05, 3.63) is 40.5 Å². The van der Waals surface area contributed by atoms with Crippen LogP contribution in [0.15, 0.2) is 35.7 Å². The Morgan fingerprint density at radius 3 is 2.56 bits per heavy atom. The smallest absolute Gasteiger partial charge is 0.182 e. The fourth-order valence-electron chi connectivity index (χ4n) is 1.44. The van der Waals surface area contributed by atoms with Crippen LogP contribution in [0.3, 0.4) is 0 Å². The van der Waals surface area contributed by atoms with Gasteiger partial charge in [0.15, 0.2) is 4.80 Å². The van der Waals surface area contributed by atoms with Crippen LogP contribution < -0.4 is 14.6 Å². The number of hydrogen-bond acceptors (Lipinski definition) is 4. The fraction of sp³-hybridized carbons (Fsp3) is 0.100. The van der Waals surface area contributed by atoms with Crippen LogP contribution in [0.2, 0.25) is 0 Å². The summed E-state index contributed by atoms with van der Waals surface area (Å²) in [6.45, 7) is 0. The van der Waals surface area contributed by atoms with Gasteiger partial charge in [0.25, 0.3) is 0 Å². The number of thiazole rings is 1. The molecule has 0 radical (unpaired) electrons. The molecule has 2 aromatic rings. The van der Waals surface area contributed by atoms with Crippen molar-refractivity contribution in [2.24, 2.45) is 0 Å². The summed E-state index contributed by atoms with van der Waals surface area (Å²) in [6.07, 6.45) is -0.137. The highest BCUT2D eigenvalue weighted by molar-refractivity contribution is 7.40. The van der Waals surface area contributed by atoms with Crippen molar-refractivity contribution < 1.29 is 9.79 Å². The predicted molar refractivity (Wildman–Crippen MR) is 60.5 cm³/mol. The van der Waals surface area contributed by atoms with E-state index in [0.29, 0.717) is 0 Å². The zero-order valence-electron chi connectivity index (χ0n) is 8.29. The molecule has 84 valence electrons. The Morgan fingerprint density at radius 1 is 1.25 bits per heavy atom. The van der Waals surface area contributed by atoms with Crippen LogP contribution in [0.5, 0.6) is 0 Å². The van der Waals surface area contributed by atoms with E-state index >= 15 is 0 Å². The number of benzene rings is 1. The van der Waals surface area contributed by atoms with Crippen molar-refractivity contribution in [1.29, 1.82) is 5.41 Å². The molecule has 0 aliphatic heterocycles. The van der Waals surface area contributed by atoms with Crippen LogP contribution in [-0.2, 0) is 6.29 Å². The lowest BCUT2D eigenvalue weighted by Gasteiger charge is -2.31. The molecule has 0 fully saturated rings. The van der Waals surface area contributed by atoms with Gasteiger partial charge in [-0.1, -0.05) is 30.3 Å². The Kier molecular flexibility index (Phi) is 3.51. The number of hydrogen-bond donors (Lipinski definition) is 1. The molecule has 0 saturated heterocycles. The van der Waals surface area contributed by atoms with Gasteiger partial charge in [-0.05, 0) is 5.56 Å². The second-order valence-corrected chi connectivity index (χ2v) is 5.00. The van der Waals surface area contributed by atoms with Crippen LogP contribution in [0.25, 0.3) is 11.3 Å². The Labute approximate surface area is 97.9 Å². The zero-order chi connectivity index (χ0) is 11.5. The summed E-state index contributed by atoms with van der Waals surface area (Å²) in [5.41, 5.74) is 1.70. The molecule has 6 heteroatoms. The first-order chi connectivity index (χ1) is 7.68. The summed E-state index contributed by atoms with van der Waals surface area (Å²) in [4.78, 5) is 21.7. The van der Waals surface area contributed by atoms with Gasteiger partial charge >= 0.3 is 0 Å². The monoisotopic (exact) mass is 252 g/mol. The molecule has 1 heterocycles. The van der Waals surface area contributed by atoms with E-state index in [9.17, 15) is 9.79 Å². The Balaban J connectivity index is 2.46. The molecule has 2 rings (SSSR count). The number of nitrogens with zero attached hydrogens (tertiary/aromatic N) is 1. The third kappa shape index (κ3) is 2.39. The second kappa shape index (κ2) is 4.89. The summed E-state index contributed by atoms with van der Waals surface area (Å²) in [5.74, 6) is 0. The van der Waals surface area contributed by atoms with Gasteiger partial charge in [0.1, 0.15) is 0 Å². The maximum atomic E-state index is 10.7. The Morgan fingerprint density at radius 2 is 1.94 bits per heavy atom. The van der Waals surface area contributed by atoms with Crippen LogP contribution in [-0.4, -0.2) is 4.57 Å². The van der Waals surface area contributed by atoms with Crippen molar-refractivity contribution in [2.45, 2.75) is 6.29 Å². The maximum Gasteiger partial charge on any atom is 0.182 e. The van der Waals surface area contributed by atoms with Gasteiger partial charge in [0, 0.05) is 11.7 Å². The molecule has 0 amide bonds. The number of nitrogens with one attached hydrogen (secondary N) is 1. The minimum atomic E-state index is -2.52. The molecule has 1 aromatic heterocycles. The molecule has 0 bridgehead atoms. The molecular formula is C10H9N2O2PS-2. The molecule has 1 N–H and O–H groups in total. The van der Waals surface area contributed by atoms with Crippen LogP contribution in [0.1, 0.15) is 0 Å². The van der Waals surface area contributed by atoms with E-state index in [4.69, 9.17) is 5.41 Å². The average molecular weight is 252 g/mol. The van der Waals surface area contributed by atoms with Gasteiger partial charge in [0.2, 0.25) is 0 Å². The standard InChI is InChI=1S/C10H9N2O2PS/c11-10-12(7-15(13)14)9(6-16-10)8-4-2-1-3-5-8/h1-6,11H,7H2/q-2. The first-order valence-electron chi connectivity index (χ1n) is 4.58. The normalized spacial score (nSPS) is 10.9.